The maximum atomic E-state index is 10.7. The van der Waals surface area contributed by atoms with Crippen molar-refractivity contribution in [2.75, 3.05) is 6.26 Å². The Labute approximate surface area is 87.4 Å². The summed E-state index contributed by atoms with van der Waals surface area (Å²) in [6.45, 7) is 0. The predicted octanol–water partition coefficient (Wildman–Crippen LogP) is 0.221. The van der Waals surface area contributed by atoms with E-state index < -0.39 is 16.1 Å². The molecule has 0 aliphatic heterocycles. The number of hydrogen-bond acceptors (Lipinski definition) is 5. The molecule has 0 bridgehead atoms. The fourth-order valence-electron chi connectivity index (χ4n) is 0.642. The van der Waals surface area contributed by atoms with Gasteiger partial charge in [0.2, 0.25) is 0 Å². The highest BCUT2D eigenvalue weighted by atomic mass is 32.2. The Morgan fingerprint density at radius 2 is 1.73 bits per heavy atom. The van der Waals surface area contributed by atoms with E-state index in [9.17, 15) is 13.2 Å². The van der Waals surface area contributed by atoms with Crippen LogP contribution in [0.5, 0.6) is 0 Å². The van der Waals surface area contributed by atoms with Gasteiger partial charge in [-0.25, -0.2) is 4.79 Å². The second-order valence-corrected chi connectivity index (χ2v) is 3.97. The van der Waals surface area contributed by atoms with E-state index in [1.54, 1.807) is 24.3 Å². The normalized spacial score (nSPS) is 9.80. The van der Waals surface area contributed by atoms with Gasteiger partial charge in [-0.15, -0.1) is 0 Å². The molecule has 1 rings (SSSR count). The van der Waals surface area contributed by atoms with E-state index in [4.69, 9.17) is 4.55 Å². The lowest BCUT2D eigenvalue weighted by molar-refractivity contribution is 0.0503. The first-order valence-electron chi connectivity index (χ1n) is 3.73. The van der Waals surface area contributed by atoms with Gasteiger partial charge in [-0.05, 0) is 12.1 Å². The molecule has 1 aromatic rings. The highest BCUT2D eigenvalue weighted by Crippen LogP contribution is 1.98. The van der Waals surface area contributed by atoms with E-state index in [1.807, 2.05) is 6.07 Å². The van der Waals surface area contributed by atoms with Crippen LogP contribution in [0.2, 0.25) is 0 Å². The van der Waals surface area contributed by atoms with Crippen LogP contribution in [-0.4, -0.2) is 25.2 Å². The van der Waals surface area contributed by atoms with E-state index in [1.165, 1.54) is 0 Å². The fraction of sp³-hybridized carbons (Fsp3) is 0.125. The first-order chi connectivity index (χ1) is 6.84. The number of nitrogens with two attached hydrogens (primary N) is 1. The van der Waals surface area contributed by atoms with E-state index in [0.29, 0.717) is 11.8 Å². The highest BCUT2D eigenvalue weighted by Gasteiger charge is 2.01. The van der Waals surface area contributed by atoms with Crippen molar-refractivity contribution in [3.63, 3.8) is 0 Å². The van der Waals surface area contributed by atoms with E-state index in [2.05, 4.69) is 10.7 Å². The molecular formula is C8H11NO5S. The zero-order valence-electron chi connectivity index (χ0n) is 7.95. The minimum absolute atomic E-state index is 0.463. The number of benzene rings is 1. The van der Waals surface area contributed by atoms with Gasteiger partial charge in [-0.2, -0.15) is 14.3 Å². The molecule has 0 atom stereocenters. The summed E-state index contributed by atoms with van der Waals surface area (Å²) in [4.78, 5) is 14.7. The van der Waals surface area contributed by atoms with E-state index in [0.717, 1.165) is 0 Å². The average molecular weight is 233 g/mol. The Hall–Kier alpha value is -1.44. The minimum Gasteiger partial charge on any atom is -0.370 e. The summed E-state index contributed by atoms with van der Waals surface area (Å²) in [5.41, 5.74) is 0.463. The predicted molar refractivity (Wildman–Crippen MR) is 53.5 cm³/mol. The summed E-state index contributed by atoms with van der Waals surface area (Å²) in [5, 5.41) is 0. The van der Waals surface area contributed by atoms with Gasteiger partial charge in [0.05, 0.1) is 11.8 Å². The van der Waals surface area contributed by atoms with Crippen LogP contribution in [-0.2, 0) is 15.0 Å². The summed E-state index contributed by atoms with van der Waals surface area (Å²) in [6, 6.07) is 8.57. The van der Waals surface area contributed by atoms with Crippen LogP contribution < -0.4 is 5.90 Å². The number of hydrogen-bond donors (Lipinski definition) is 2. The van der Waals surface area contributed by atoms with Gasteiger partial charge in [0.1, 0.15) is 0 Å². The van der Waals surface area contributed by atoms with Crippen LogP contribution >= 0.6 is 0 Å². The number of carbonyl (C=O) groups is 1. The Morgan fingerprint density at radius 3 is 2.07 bits per heavy atom. The monoisotopic (exact) mass is 233 g/mol. The van der Waals surface area contributed by atoms with Crippen molar-refractivity contribution in [1.29, 1.82) is 0 Å². The standard InChI is InChI=1S/C7H7NO2.CH4O3S/c8-10-7(9)6-4-2-1-3-5-6;1-5(2,3)4/h1-5H,8H2;1H3,(H,2,3,4). The summed E-state index contributed by atoms with van der Waals surface area (Å²) in [7, 11) is -3.67. The van der Waals surface area contributed by atoms with E-state index in [-0.39, 0.29) is 0 Å². The molecule has 0 aromatic heterocycles. The summed E-state index contributed by atoms with van der Waals surface area (Å²) < 4.78 is 25.9. The lowest BCUT2D eigenvalue weighted by Gasteiger charge is -1.94. The van der Waals surface area contributed by atoms with Gasteiger partial charge < -0.3 is 4.84 Å². The molecule has 6 nitrogen and oxygen atoms in total. The molecule has 0 fully saturated rings. The first kappa shape index (κ1) is 13.6. The molecule has 0 saturated carbocycles. The van der Waals surface area contributed by atoms with Crippen LogP contribution in [0.1, 0.15) is 10.4 Å². The van der Waals surface area contributed by atoms with Gasteiger partial charge in [0.15, 0.2) is 0 Å². The Bertz CT molecular complexity index is 392. The summed E-state index contributed by atoms with van der Waals surface area (Å²) >= 11 is 0. The second-order valence-electron chi connectivity index (χ2n) is 2.50. The van der Waals surface area contributed by atoms with Crippen molar-refractivity contribution in [2.24, 2.45) is 5.90 Å². The molecule has 0 spiro atoms. The van der Waals surface area contributed by atoms with Crippen molar-refractivity contribution in [3.05, 3.63) is 35.9 Å². The summed E-state index contributed by atoms with van der Waals surface area (Å²) in [6.07, 6.45) is 0.715. The molecular weight excluding hydrogens is 222 g/mol. The third-order valence-corrected chi connectivity index (χ3v) is 1.12. The zero-order chi connectivity index (χ0) is 11.9. The van der Waals surface area contributed by atoms with Crippen molar-refractivity contribution in [2.45, 2.75) is 0 Å². The fourth-order valence-corrected chi connectivity index (χ4v) is 0.642. The smallest absolute Gasteiger partial charge is 0.356 e. The molecule has 1 aromatic carbocycles. The van der Waals surface area contributed by atoms with Gasteiger partial charge in [0.25, 0.3) is 10.1 Å². The van der Waals surface area contributed by atoms with Crippen LogP contribution in [0.25, 0.3) is 0 Å². The van der Waals surface area contributed by atoms with Crippen molar-refractivity contribution < 1.29 is 22.6 Å². The molecule has 0 saturated heterocycles. The quantitative estimate of drug-likeness (QED) is 0.531. The molecule has 0 heterocycles. The van der Waals surface area contributed by atoms with Crippen molar-refractivity contribution >= 4 is 16.1 Å². The Kier molecular flexibility index (Phi) is 5.53. The van der Waals surface area contributed by atoms with Crippen LogP contribution in [0.15, 0.2) is 30.3 Å². The van der Waals surface area contributed by atoms with Crippen LogP contribution in [0.3, 0.4) is 0 Å². The molecule has 0 radical (unpaired) electrons. The van der Waals surface area contributed by atoms with Crippen molar-refractivity contribution in [3.8, 4) is 0 Å². The first-order valence-corrected chi connectivity index (χ1v) is 5.58. The van der Waals surface area contributed by atoms with E-state index >= 15 is 0 Å². The third-order valence-electron chi connectivity index (χ3n) is 1.12. The van der Waals surface area contributed by atoms with Crippen LogP contribution in [0.4, 0.5) is 0 Å². The van der Waals surface area contributed by atoms with Crippen LogP contribution in [0, 0.1) is 0 Å². The lowest BCUT2D eigenvalue weighted by atomic mass is 10.2. The summed E-state index contributed by atoms with van der Waals surface area (Å²) in [5.74, 6) is 4.14. The molecule has 0 aliphatic rings. The maximum absolute atomic E-state index is 10.7. The van der Waals surface area contributed by atoms with Gasteiger partial charge >= 0.3 is 5.97 Å². The van der Waals surface area contributed by atoms with Gasteiger partial charge in [-0.3, -0.25) is 4.55 Å². The third kappa shape index (κ3) is 8.88. The Balaban J connectivity index is 0.000000336. The topological polar surface area (TPSA) is 107 Å². The minimum atomic E-state index is -3.67. The van der Waals surface area contributed by atoms with Gasteiger partial charge in [-0.1, -0.05) is 18.2 Å². The average Bonchev–Trinajstić information content (AvgIpc) is 2.15. The zero-order valence-corrected chi connectivity index (χ0v) is 8.77. The highest BCUT2D eigenvalue weighted by molar-refractivity contribution is 7.85. The number of carbonyl (C=O) groups excluding carboxylic acids is 1. The maximum Gasteiger partial charge on any atom is 0.356 e. The molecule has 7 heteroatoms. The Morgan fingerprint density at radius 1 is 1.33 bits per heavy atom. The molecule has 0 aliphatic carbocycles. The largest absolute Gasteiger partial charge is 0.370 e. The molecule has 84 valence electrons. The molecule has 0 unspecified atom stereocenters. The molecule has 15 heavy (non-hydrogen) atoms. The lowest BCUT2D eigenvalue weighted by Crippen LogP contribution is -2.09. The molecule has 0 amide bonds. The second kappa shape index (κ2) is 6.12. The van der Waals surface area contributed by atoms with Crippen molar-refractivity contribution in [1.82, 2.24) is 0 Å². The number of rotatable bonds is 1. The SMILES string of the molecule is CS(=O)(=O)O.NOC(=O)c1ccccc1. The van der Waals surface area contributed by atoms with Gasteiger partial charge in [0, 0.05) is 0 Å². The molecule has 3 N–H and O–H groups in total.